The first-order valence-electron chi connectivity index (χ1n) is 13.0. The summed E-state index contributed by atoms with van der Waals surface area (Å²) in [6.07, 6.45) is 0.785. The Morgan fingerprint density at radius 2 is 1.66 bits per heavy atom. The van der Waals surface area contributed by atoms with E-state index in [1.54, 1.807) is 30.3 Å². The molecular weight excluding hydrogens is 510 g/mol. The van der Waals surface area contributed by atoms with Crippen molar-refractivity contribution in [3.63, 3.8) is 0 Å². The second-order valence-corrected chi connectivity index (χ2v) is 11.2. The highest BCUT2D eigenvalue weighted by Gasteiger charge is 2.56. The Morgan fingerprint density at radius 1 is 0.974 bits per heavy atom. The Hall–Kier alpha value is -2.37. The number of hydrogen-bond donors (Lipinski definition) is 1. The van der Waals surface area contributed by atoms with Crippen LogP contribution >= 0.6 is 0 Å². The van der Waals surface area contributed by atoms with Crippen LogP contribution in [0, 0.1) is 0 Å². The van der Waals surface area contributed by atoms with Crippen LogP contribution in [0.3, 0.4) is 0 Å². The molecular formula is C28H41NO8S. The molecule has 0 radical (unpaired) electrons. The van der Waals surface area contributed by atoms with Crippen molar-refractivity contribution in [3.05, 3.63) is 47.5 Å². The zero-order chi connectivity index (χ0) is 27.8. The molecule has 2 aromatic carbocycles. The first kappa shape index (κ1) is 30.2. The second-order valence-electron chi connectivity index (χ2n) is 9.12. The molecule has 10 heteroatoms. The molecule has 0 aliphatic carbocycles. The maximum Gasteiger partial charge on any atom is 0.203 e. The quantitative estimate of drug-likeness (QED) is 0.331. The molecule has 2 N–H and O–H groups in total. The summed E-state index contributed by atoms with van der Waals surface area (Å²) < 4.78 is 63.3. The van der Waals surface area contributed by atoms with Gasteiger partial charge in [0.05, 0.1) is 38.6 Å². The molecule has 0 bridgehead atoms. The van der Waals surface area contributed by atoms with Crippen molar-refractivity contribution < 1.29 is 36.8 Å². The van der Waals surface area contributed by atoms with E-state index in [1.165, 1.54) is 21.3 Å². The minimum atomic E-state index is -3.63. The Balaban J connectivity index is 2.36. The molecule has 1 fully saturated rings. The van der Waals surface area contributed by atoms with Gasteiger partial charge in [0.1, 0.15) is 17.8 Å². The smallest absolute Gasteiger partial charge is 0.203 e. The standard InChI is InChI=1S/C28H41NO8S/c1-6-14-36-27-24(35-15-10-13-29)19-37-28(27,20-17-22(32-3)26(34-5)23(18-20)33-4)21-11-8-9-12-25(21)38(30,31)16-7-2/h8-9,11-12,17-18,24,27H,6-7,10,13-16,19,29H2,1-5H3. The molecule has 3 unspecified atom stereocenters. The molecule has 3 atom stereocenters. The summed E-state index contributed by atoms with van der Waals surface area (Å²) in [6, 6.07) is 10.5. The molecule has 0 saturated carbocycles. The lowest BCUT2D eigenvalue weighted by atomic mass is 9.80. The fraction of sp³-hybridized carbons (Fsp3) is 0.571. The second kappa shape index (κ2) is 13.6. The molecule has 1 saturated heterocycles. The highest BCUT2D eigenvalue weighted by Crippen LogP contribution is 2.51. The summed E-state index contributed by atoms with van der Waals surface area (Å²) in [5, 5.41) is 0. The first-order chi connectivity index (χ1) is 18.3. The van der Waals surface area contributed by atoms with Gasteiger partial charge in [-0.2, -0.15) is 0 Å². The van der Waals surface area contributed by atoms with E-state index in [2.05, 4.69) is 0 Å². The van der Waals surface area contributed by atoms with E-state index >= 15 is 0 Å². The third-order valence-corrected chi connectivity index (χ3v) is 8.56. The SMILES string of the molecule is CCCOC1C(OCCCN)COC1(c1cc(OC)c(OC)c(OC)c1)c1ccccc1S(=O)(=O)CCC. The zero-order valence-corrected chi connectivity index (χ0v) is 23.8. The average molecular weight is 552 g/mol. The van der Waals surface area contributed by atoms with Crippen molar-refractivity contribution in [2.24, 2.45) is 5.73 Å². The molecule has 1 aliphatic rings. The van der Waals surface area contributed by atoms with Gasteiger partial charge in [0, 0.05) is 18.8 Å². The number of nitrogens with two attached hydrogens (primary N) is 1. The van der Waals surface area contributed by atoms with Crippen molar-refractivity contribution in [1.29, 1.82) is 0 Å². The maximum absolute atomic E-state index is 13.5. The van der Waals surface area contributed by atoms with Gasteiger partial charge in [-0.15, -0.1) is 0 Å². The zero-order valence-electron chi connectivity index (χ0n) is 23.0. The van der Waals surface area contributed by atoms with E-state index in [0.717, 1.165) is 6.42 Å². The predicted octanol–water partition coefficient (Wildman–Crippen LogP) is 3.70. The number of rotatable bonds is 15. The van der Waals surface area contributed by atoms with Crippen LogP contribution in [-0.4, -0.2) is 74.1 Å². The van der Waals surface area contributed by atoms with Gasteiger partial charge in [0.25, 0.3) is 0 Å². The van der Waals surface area contributed by atoms with Crippen molar-refractivity contribution in [1.82, 2.24) is 0 Å². The molecule has 0 aromatic heterocycles. The molecule has 1 aliphatic heterocycles. The maximum atomic E-state index is 13.5. The van der Waals surface area contributed by atoms with Crippen LogP contribution in [0.4, 0.5) is 0 Å². The summed E-state index contributed by atoms with van der Waals surface area (Å²) in [7, 11) is 0.968. The van der Waals surface area contributed by atoms with Crippen LogP contribution in [0.2, 0.25) is 0 Å². The Bertz CT molecular complexity index is 1130. The largest absolute Gasteiger partial charge is 0.493 e. The van der Waals surface area contributed by atoms with Gasteiger partial charge >= 0.3 is 0 Å². The number of methoxy groups -OCH3 is 3. The van der Waals surface area contributed by atoms with Crippen LogP contribution < -0.4 is 19.9 Å². The van der Waals surface area contributed by atoms with Crippen LogP contribution in [0.15, 0.2) is 41.3 Å². The average Bonchev–Trinajstić information content (AvgIpc) is 3.29. The van der Waals surface area contributed by atoms with Crippen LogP contribution in [0.25, 0.3) is 0 Å². The molecule has 2 aromatic rings. The van der Waals surface area contributed by atoms with Gasteiger partial charge in [0.15, 0.2) is 21.3 Å². The van der Waals surface area contributed by atoms with E-state index in [-0.39, 0.29) is 17.3 Å². The first-order valence-corrected chi connectivity index (χ1v) is 14.7. The number of benzene rings is 2. The minimum Gasteiger partial charge on any atom is -0.493 e. The van der Waals surface area contributed by atoms with Crippen molar-refractivity contribution in [2.75, 3.05) is 53.4 Å². The van der Waals surface area contributed by atoms with E-state index < -0.39 is 27.6 Å². The van der Waals surface area contributed by atoms with Gasteiger partial charge in [-0.1, -0.05) is 32.0 Å². The molecule has 38 heavy (non-hydrogen) atoms. The lowest BCUT2D eigenvalue weighted by Crippen LogP contribution is -2.45. The molecule has 3 rings (SSSR count). The fourth-order valence-corrected chi connectivity index (χ4v) is 6.52. The van der Waals surface area contributed by atoms with Gasteiger partial charge in [-0.3, -0.25) is 0 Å². The Labute approximate surface area is 226 Å². The number of sulfone groups is 1. The van der Waals surface area contributed by atoms with E-state index in [0.29, 0.717) is 61.0 Å². The Morgan fingerprint density at radius 3 is 2.24 bits per heavy atom. The van der Waals surface area contributed by atoms with Gasteiger partial charge in [-0.05, 0) is 49.6 Å². The predicted molar refractivity (Wildman–Crippen MR) is 145 cm³/mol. The van der Waals surface area contributed by atoms with E-state index in [9.17, 15) is 8.42 Å². The Kier molecular flexibility index (Phi) is 10.8. The number of hydrogen-bond acceptors (Lipinski definition) is 9. The van der Waals surface area contributed by atoms with Crippen molar-refractivity contribution in [3.8, 4) is 17.2 Å². The summed E-state index contributed by atoms with van der Waals surface area (Å²) in [6.45, 7) is 5.40. The third-order valence-electron chi connectivity index (χ3n) is 6.58. The molecule has 1 heterocycles. The van der Waals surface area contributed by atoms with Crippen molar-refractivity contribution in [2.45, 2.75) is 55.8 Å². The van der Waals surface area contributed by atoms with E-state index in [4.69, 9.17) is 34.2 Å². The molecule has 0 amide bonds. The lowest BCUT2D eigenvalue weighted by Gasteiger charge is -2.38. The topological polar surface area (TPSA) is 116 Å². The van der Waals surface area contributed by atoms with Gasteiger partial charge in [0.2, 0.25) is 5.75 Å². The van der Waals surface area contributed by atoms with Crippen LogP contribution in [0.1, 0.15) is 44.2 Å². The lowest BCUT2D eigenvalue weighted by molar-refractivity contribution is -0.0925. The summed E-state index contributed by atoms with van der Waals surface area (Å²) in [5.74, 6) is 1.26. The summed E-state index contributed by atoms with van der Waals surface area (Å²) in [4.78, 5) is 0.198. The highest BCUT2D eigenvalue weighted by atomic mass is 32.2. The molecule has 9 nitrogen and oxygen atoms in total. The van der Waals surface area contributed by atoms with Crippen LogP contribution in [-0.2, 0) is 29.6 Å². The summed E-state index contributed by atoms with van der Waals surface area (Å²) >= 11 is 0. The summed E-state index contributed by atoms with van der Waals surface area (Å²) in [5.41, 5.74) is 5.45. The van der Waals surface area contributed by atoms with Crippen molar-refractivity contribution >= 4 is 9.84 Å². The normalized spacial score (nSPS) is 21.4. The molecule has 212 valence electrons. The molecule has 0 spiro atoms. The monoisotopic (exact) mass is 551 g/mol. The van der Waals surface area contributed by atoms with Crippen LogP contribution in [0.5, 0.6) is 17.2 Å². The van der Waals surface area contributed by atoms with E-state index in [1.807, 2.05) is 19.9 Å². The third kappa shape index (κ3) is 5.94. The van der Waals surface area contributed by atoms with Gasteiger partial charge < -0.3 is 34.2 Å². The fourth-order valence-electron chi connectivity index (χ4n) is 4.92. The number of ether oxygens (including phenoxy) is 6. The minimum absolute atomic E-state index is 0.00621. The van der Waals surface area contributed by atoms with Gasteiger partial charge in [-0.25, -0.2) is 8.42 Å². The highest BCUT2D eigenvalue weighted by molar-refractivity contribution is 7.91.